The molecule has 0 spiro atoms. The highest BCUT2D eigenvalue weighted by molar-refractivity contribution is 5.97. The summed E-state index contributed by atoms with van der Waals surface area (Å²) in [5.74, 6) is -0.423. The number of imidazole rings is 1. The molecule has 0 bridgehead atoms. The maximum absolute atomic E-state index is 13.5. The molecule has 21 heavy (non-hydrogen) atoms. The summed E-state index contributed by atoms with van der Waals surface area (Å²) in [7, 11) is 0. The monoisotopic (exact) mass is 283 g/mol. The molecule has 1 amide bonds. The van der Waals surface area contributed by atoms with Crippen molar-refractivity contribution in [2.75, 3.05) is 6.54 Å². The fourth-order valence-corrected chi connectivity index (χ4v) is 2.19. The Labute approximate surface area is 121 Å². The van der Waals surface area contributed by atoms with Crippen LogP contribution >= 0.6 is 0 Å². The Bertz CT molecular complexity index is 782. The fourth-order valence-electron chi connectivity index (χ4n) is 2.19. The minimum Gasteiger partial charge on any atom is -0.352 e. The topological polar surface area (TPSA) is 57.8 Å². The minimum absolute atomic E-state index is 0.178. The maximum atomic E-state index is 13.5. The molecule has 2 aromatic carbocycles. The van der Waals surface area contributed by atoms with E-state index in [1.807, 2.05) is 0 Å². The number of hydrogen-bond donors (Lipinski definition) is 2. The lowest BCUT2D eigenvalue weighted by Gasteiger charge is -2.06. The van der Waals surface area contributed by atoms with E-state index in [2.05, 4.69) is 15.3 Å². The van der Waals surface area contributed by atoms with Crippen LogP contribution < -0.4 is 5.32 Å². The summed E-state index contributed by atoms with van der Waals surface area (Å²) in [5, 5.41) is 2.79. The molecular weight excluding hydrogens is 269 g/mol. The zero-order chi connectivity index (χ0) is 14.7. The van der Waals surface area contributed by atoms with Crippen LogP contribution in [0.1, 0.15) is 15.9 Å². The van der Waals surface area contributed by atoms with Crippen molar-refractivity contribution in [2.24, 2.45) is 0 Å². The molecule has 0 saturated heterocycles. The Morgan fingerprint density at radius 2 is 2.10 bits per heavy atom. The first-order chi connectivity index (χ1) is 10.2. The van der Waals surface area contributed by atoms with Gasteiger partial charge in [0.25, 0.3) is 5.91 Å². The van der Waals surface area contributed by atoms with E-state index < -0.39 is 0 Å². The second kappa shape index (κ2) is 5.75. The first-order valence-electron chi connectivity index (χ1n) is 6.69. The van der Waals surface area contributed by atoms with Crippen molar-refractivity contribution in [3.63, 3.8) is 0 Å². The summed E-state index contributed by atoms with van der Waals surface area (Å²) in [6, 6.07) is 11.8. The SMILES string of the molecule is O=C(NCCc1ccccc1F)c1ccc2nc[nH]c2c1. The molecule has 4 nitrogen and oxygen atoms in total. The van der Waals surface area contributed by atoms with Crippen molar-refractivity contribution in [1.82, 2.24) is 15.3 Å². The average Bonchev–Trinajstić information content (AvgIpc) is 2.96. The van der Waals surface area contributed by atoms with E-state index in [0.29, 0.717) is 24.1 Å². The molecule has 0 radical (unpaired) electrons. The minimum atomic E-state index is -0.245. The fraction of sp³-hybridized carbons (Fsp3) is 0.125. The van der Waals surface area contributed by atoms with Crippen LogP contribution in [0.5, 0.6) is 0 Å². The summed E-state index contributed by atoms with van der Waals surface area (Å²) in [4.78, 5) is 19.1. The Kier molecular flexibility index (Phi) is 3.64. The number of amides is 1. The van der Waals surface area contributed by atoms with Gasteiger partial charge < -0.3 is 10.3 Å². The molecule has 0 fully saturated rings. The Morgan fingerprint density at radius 3 is 2.95 bits per heavy atom. The third-order valence-electron chi connectivity index (χ3n) is 3.32. The standard InChI is InChI=1S/C16H14FN3O/c17-13-4-2-1-3-11(13)7-8-18-16(21)12-5-6-14-15(9-12)20-10-19-14/h1-6,9-10H,7-8H2,(H,18,21)(H,19,20). The molecule has 3 rings (SSSR count). The third kappa shape index (κ3) is 2.91. The predicted octanol–water partition coefficient (Wildman–Crippen LogP) is 2.67. The van der Waals surface area contributed by atoms with Crippen molar-refractivity contribution < 1.29 is 9.18 Å². The highest BCUT2D eigenvalue weighted by Gasteiger charge is 2.07. The second-order valence-corrected chi connectivity index (χ2v) is 4.73. The molecule has 0 aliphatic rings. The second-order valence-electron chi connectivity index (χ2n) is 4.73. The third-order valence-corrected chi connectivity index (χ3v) is 3.32. The molecule has 1 heterocycles. The van der Waals surface area contributed by atoms with E-state index >= 15 is 0 Å². The van der Waals surface area contributed by atoms with E-state index in [9.17, 15) is 9.18 Å². The number of halogens is 1. The van der Waals surface area contributed by atoms with Gasteiger partial charge in [-0.15, -0.1) is 0 Å². The number of rotatable bonds is 4. The average molecular weight is 283 g/mol. The molecule has 5 heteroatoms. The summed E-state index contributed by atoms with van der Waals surface area (Å²) in [6.07, 6.45) is 2.05. The molecule has 0 aliphatic carbocycles. The van der Waals surface area contributed by atoms with Crippen LogP contribution in [-0.4, -0.2) is 22.4 Å². The number of carbonyl (C=O) groups is 1. The summed E-state index contributed by atoms with van der Waals surface area (Å²) in [5.41, 5.74) is 2.79. The Hall–Kier alpha value is -2.69. The van der Waals surface area contributed by atoms with Gasteiger partial charge in [0.15, 0.2) is 0 Å². The van der Waals surface area contributed by atoms with Crippen molar-refractivity contribution in [3.8, 4) is 0 Å². The number of carbonyl (C=O) groups excluding carboxylic acids is 1. The van der Waals surface area contributed by atoms with Gasteiger partial charge in [0.05, 0.1) is 17.4 Å². The molecule has 3 aromatic rings. The number of fused-ring (bicyclic) bond motifs is 1. The molecule has 0 unspecified atom stereocenters. The van der Waals surface area contributed by atoms with Crippen molar-refractivity contribution in [2.45, 2.75) is 6.42 Å². The molecular formula is C16H14FN3O. The quantitative estimate of drug-likeness (QED) is 0.773. The first kappa shape index (κ1) is 13.3. The lowest BCUT2D eigenvalue weighted by atomic mass is 10.1. The van der Waals surface area contributed by atoms with Crippen LogP contribution in [0.4, 0.5) is 4.39 Å². The highest BCUT2D eigenvalue weighted by atomic mass is 19.1. The summed E-state index contributed by atoms with van der Waals surface area (Å²) >= 11 is 0. The van der Waals surface area contributed by atoms with Crippen LogP contribution in [0.3, 0.4) is 0 Å². The normalized spacial score (nSPS) is 10.7. The van der Waals surface area contributed by atoms with Gasteiger partial charge in [-0.3, -0.25) is 4.79 Å². The van der Waals surface area contributed by atoms with Gasteiger partial charge >= 0.3 is 0 Å². The molecule has 106 valence electrons. The number of nitrogens with zero attached hydrogens (tertiary/aromatic N) is 1. The van der Waals surface area contributed by atoms with Crippen molar-refractivity contribution >= 4 is 16.9 Å². The van der Waals surface area contributed by atoms with E-state index in [1.165, 1.54) is 6.07 Å². The predicted molar refractivity (Wildman–Crippen MR) is 78.5 cm³/mol. The zero-order valence-electron chi connectivity index (χ0n) is 11.3. The van der Waals surface area contributed by atoms with Gasteiger partial charge in [-0.05, 0) is 36.2 Å². The lowest BCUT2D eigenvalue weighted by molar-refractivity contribution is 0.0954. The smallest absolute Gasteiger partial charge is 0.251 e. The van der Waals surface area contributed by atoms with Gasteiger partial charge in [0, 0.05) is 12.1 Å². The van der Waals surface area contributed by atoms with Crippen LogP contribution in [0.2, 0.25) is 0 Å². The highest BCUT2D eigenvalue weighted by Crippen LogP contribution is 2.11. The van der Waals surface area contributed by atoms with Gasteiger partial charge in [-0.2, -0.15) is 0 Å². The largest absolute Gasteiger partial charge is 0.352 e. The summed E-state index contributed by atoms with van der Waals surface area (Å²) < 4.78 is 13.5. The lowest BCUT2D eigenvalue weighted by Crippen LogP contribution is -2.25. The number of H-pyrrole nitrogens is 1. The number of nitrogens with one attached hydrogen (secondary N) is 2. The number of hydrogen-bond acceptors (Lipinski definition) is 2. The molecule has 2 N–H and O–H groups in total. The van der Waals surface area contributed by atoms with Gasteiger partial charge in [-0.1, -0.05) is 18.2 Å². The van der Waals surface area contributed by atoms with Gasteiger partial charge in [0.2, 0.25) is 0 Å². The van der Waals surface area contributed by atoms with Crippen LogP contribution in [-0.2, 0) is 6.42 Å². The van der Waals surface area contributed by atoms with Crippen LogP contribution in [0.25, 0.3) is 11.0 Å². The molecule has 0 aliphatic heterocycles. The Morgan fingerprint density at radius 1 is 1.24 bits per heavy atom. The zero-order valence-corrected chi connectivity index (χ0v) is 11.3. The molecule has 0 saturated carbocycles. The Balaban J connectivity index is 1.62. The molecule has 1 aromatic heterocycles. The first-order valence-corrected chi connectivity index (χ1v) is 6.69. The van der Waals surface area contributed by atoms with E-state index in [-0.39, 0.29) is 11.7 Å². The number of aromatic nitrogens is 2. The van der Waals surface area contributed by atoms with Crippen LogP contribution in [0, 0.1) is 5.82 Å². The maximum Gasteiger partial charge on any atom is 0.251 e. The number of benzene rings is 2. The van der Waals surface area contributed by atoms with E-state index in [4.69, 9.17) is 0 Å². The van der Waals surface area contributed by atoms with Crippen LogP contribution in [0.15, 0.2) is 48.8 Å². The van der Waals surface area contributed by atoms with Crippen molar-refractivity contribution in [3.05, 3.63) is 65.7 Å². The number of aromatic amines is 1. The summed E-state index contributed by atoms with van der Waals surface area (Å²) in [6.45, 7) is 0.390. The van der Waals surface area contributed by atoms with E-state index in [1.54, 1.807) is 42.7 Å². The van der Waals surface area contributed by atoms with E-state index in [0.717, 1.165) is 11.0 Å². The van der Waals surface area contributed by atoms with Gasteiger partial charge in [0.1, 0.15) is 5.82 Å². The molecule has 0 atom stereocenters. The van der Waals surface area contributed by atoms with Gasteiger partial charge in [-0.25, -0.2) is 9.37 Å². The van der Waals surface area contributed by atoms with Crippen molar-refractivity contribution in [1.29, 1.82) is 0 Å².